The Morgan fingerprint density at radius 1 is 1.10 bits per heavy atom. The van der Waals surface area contributed by atoms with Gasteiger partial charge in [-0.1, -0.05) is 23.2 Å². The fourth-order valence-corrected chi connectivity index (χ4v) is 2.84. The number of benzene rings is 2. The summed E-state index contributed by atoms with van der Waals surface area (Å²) < 4.78 is 13.1. The molecule has 1 aromatic heterocycles. The minimum absolute atomic E-state index is 0.0808. The van der Waals surface area contributed by atoms with Crippen molar-refractivity contribution in [1.29, 1.82) is 0 Å². The highest BCUT2D eigenvalue weighted by molar-refractivity contribution is 6.40. The number of nitrogens with zero attached hydrogens (tertiary/aromatic N) is 6. The van der Waals surface area contributed by atoms with Crippen molar-refractivity contribution < 1.29 is 9.31 Å². The topological polar surface area (TPSA) is 121 Å². The lowest BCUT2D eigenvalue weighted by atomic mass is 10.2. The molecule has 0 atom stereocenters. The van der Waals surface area contributed by atoms with Gasteiger partial charge < -0.3 is 10.2 Å². The molecule has 0 amide bonds. The van der Waals surface area contributed by atoms with Gasteiger partial charge in [-0.05, 0) is 30.3 Å². The van der Waals surface area contributed by atoms with E-state index < -0.39 is 4.92 Å². The van der Waals surface area contributed by atoms with E-state index in [4.69, 9.17) is 23.2 Å². The van der Waals surface area contributed by atoms with Crippen LogP contribution < -0.4 is 15.6 Å². The van der Waals surface area contributed by atoms with Gasteiger partial charge in [0.1, 0.15) is 10.8 Å². The number of aromatic nitrogens is 3. The summed E-state index contributed by atoms with van der Waals surface area (Å²) in [6.07, 6.45) is 1.23. The van der Waals surface area contributed by atoms with Gasteiger partial charge in [-0.3, -0.25) is 10.1 Å². The van der Waals surface area contributed by atoms with Crippen LogP contribution in [-0.4, -0.2) is 40.2 Å². The first-order valence-corrected chi connectivity index (χ1v) is 9.37. The van der Waals surface area contributed by atoms with Crippen LogP contribution in [0.4, 0.5) is 33.6 Å². The van der Waals surface area contributed by atoms with Crippen LogP contribution in [0.3, 0.4) is 0 Å². The van der Waals surface area contributed by atoms with E-state index in [1.54, 1.807) is 19.0 Å². The first-order chi connectivity index (χ1) is 14.7. The van der Waals surface area contributed by atoms with Crippen LogP contribution >= 0.6 is 23.2 Å². The predicted octanol–water partition coefficient (Wildman–Crippen LogP) is 4.48. The molecule has 31 heavy (non-hydrogen) atoms. The predicted molar refractivity (Wildman–Crippen MR) is 118 cm³/mol. The summed E-state index contributed by atoms with van der Waals surface area (Å²) in [5.41, 5.74) is 3.06. The molecule has 0 aliphatic heterocycles. The molecular formula is C18H15Cl2FN8O2. The summed E-state index contributed by atoms with van der Waals surface area (Å²) in [5, 5.41) is 18.0. The molecule has 0 aliphatic rings. The Bertz CT molecular complexity index is 1140. The minimum Gasteiger partial charge on any atom is -0.347 e. The maximum absolute atomic E-state index is 13.1. The fourth-order valence-electron chi connectivity index (χ4n) is 2.30. The highest BCUT2D eigenvalue weighted by Gasteiger charge is 2.17. The summed E-state index contributed by atoms with van der Waals surface area (Å²) in [6, 6.07) is 8.22. The molecule has 0 bridgehead atoms. The molecule has 0 fully saturated rings. The second-order valence-electron chi connectivity index (χ2n) is 6.23. The summed E-state index contributed by atoms with van der Waals surface area (Å²) in [5.74, 6) is 0.223. The molecule has 0 unspecified atom stereocenters. The van der Waals surface area contributed by atoms with Gasteiger partial charge in [0.05, 0.1) is 16.2 Å². The zero-order chi connectivity index (χ0) is 22.5. The third-order valence-electron chi connectivity index (χ3n) is 3.79. The fraction of sp³-hybridized carbons (Fsp3) is 0.111. The highest BCUT2D eigenvalue weighted by atomic mass is 35.5. The van der Waals surface area contributed by atoms with Crippen LogP contribution in [0, 0.1) is 15.9 Å². The number of hydrazone groups is 1. The average molecular weight is 465 g/mol. The zero-order valence-electron chi connectivity index (χ0n) is 16.2. The van der Waals surface area contributed by atoms with E-state index in [1.165, 1.54) is 42.6 Å². The smallest absolute Gasteiger partial charge is 0.288 e. The summed E-state index contributed by atoms with van der Waals surface area (Å²) >= 11 is 12.1. The number of rotatable bonds is 7. The van der Waals surface area contributed by atoms with Crippen molar-refractivity contribution in [3.05, 3.63) is 67.9 Å². The molecule has 0 radical (unpaired) electrons. The number of nitro groups is 1. The van der Waals surface area contributed by atoms with Gasteiger partial charge >= 0.3 is 0 Å². The SMILES string of the molecule is CN(C)c1nc(NN=Cc2c(Cl)ccc([N+](=O)[O-])c2Cl)nc(Nc2ccc(F)cc2)n1. The average Bonchev–Trinajstić information content (AvgIpc) is 2.71. The van der Waals surface area contributed by atoms with E-state index in [2.05, 4.69) is 30.8 Å². The highest BCUT2D eigenvalue weighted by Crippen LogP contribution is 2.31. The van der Waals surface area contributed by atoms with Gasteiger partial charge in [-0.15, -0.1) is 0 Å². The Labute approximate surface area is 185 Å². The largest absolute Gasteiger partial charge is 0.347 e. The molecular weight excluding hydrogens is 450 g/mol. The van der Waals surface area contributed by atoms with Crippen molar-refractivity contribution in [2.24, 2.45) is 5.10 Å². The zero-order valence-corrected chi connectivity index (χ0v) is 17.7. The number of anilines is 4. The lowest BCUT2D eigenvalue weighted by molar-refractivity contribution is -0.384. The Hall–Kier alpha value is -3.57. The third-order valence-corrected chi connectivity index (χ3v) is 4.51. The Morgan fingerprint density at radius 3 is 2.42 bits per heavy atom. The van der Waals surface area contributed by atoms with Gasteiger partial charge in [0.2, 0.25) is 17.8 Å². The van der Waals surface area contributed by atoms with Gasteiger partial charge in [0, 0.05) is 31.4 Å². The first-order valence-electron chi connectivity index (χ1n) is 8.62. The van der Waals surface area contributed by atoms with Crippen molar-refractivity contribution in [3.8, 4) is 0 Å². The van der Waals surface area contributed by atoms with E-state index in [-0.39, 0.29) is 39.0 Å². The molecule has 1 heterocycles. The van der Waals surface area contributed by atoms with Crippen LogP contribution in [-0.2, 0) is 0 Å². The summed E-state index contributed by atoms with van der Waals surface area (Å²) in [4.78, 5) is 24.8. The molecule has 3 aromatic rings. The van der Waals surface area contributed by atoms with Crippen molar-refractivity contribution in [2.75, 3.05) is 29.7 Å². The van der Waals surface area contributed by atoms with Crippen LogP contribution in [0.15, 0.2) is 41.5 Å². The molecule has 0 spiro atoms. The Balaban J connectivity index is 1.86. The summed E-state index contributed by atoms with van der Waals surface area (Å²) in [7, 11) is 3.49. The number of hydrogen-bond donors (Lipinski definition) is 2. The van der Waals surface area contributed by atoms with Crippen molar-refractivity contribution in [1.82, 2.24) is 15.0 Å². The van der Waals surface area contributed by atoms with Crippen molar-refractivity contribution >= 4 is 58.6 Å². The van der Waals surface area contributed by atoms with Gasteiger partial charge in [0.15, 0.2) is 0 Å². The normalized spacial score (nSPS) is 10.9. The lowest BCUT2D eigenvalue weighted by Gasteiger charge is -2.13. The maximum Gasteiger partial charge on any atom is 0.288 e. The van der Waals surface area contributed by atoms with Crippen LogP contribution in [0.1, 0.15) is 5.56 Å². The van der Waals surface area contributed by atoms with Gasteiger partial charge in [-0.2, -0.15) is 20.1 Å². The molecule has 2 aromatic carbocycles. The number of nitro benzene ring substituents is 1. The molecule has 13 heteroatoms. The minimum atomic E-state index is -0.619. The van der Waals surface area contributed by atoms with E-state index >= 15 is 0 Å². The molecule has 2 N–H and O–H groups in total. The van der Waals surface area contributed by atoms with E-state index in [1.807, 2.05) is 0 Å². The Morgan fingerprint density at radius 2 is 1.77 bits per heavy atom. The molecule has 10 nitrogen and oxygen atoms in total. The first kappa shape index (κ1) is 22.1. The van der Waals surface area contributed by atoms with Crippen LogP contribution in [0.25, 0.3) is 0 Å². The maximum atomic E-state index is 13.1. The van der Waals surface area contributed by atoms with Crippen molar-refractivity contribution in [3.63, 3.8) is 0 Å². The molecule has 3 rings (SSSR count). The lowest BCUT2D eigenvalue weighted by Crippen LogP contribution is -2.15. The number of hydrogen-bond acceptors (Lipinski definition) is 9. The molecule has 0 saturated carbocycles. The quantitative estimate of drug-likeness (QED) is 0.298. The van der Waals surface area contributed by atoms with E-state index in [0.29, 0.717) is 11.6 Å². The van der Waals surface area contributed by atoms with Crippen LogP contribution in [0.2, 0.25) is 10.0 Å². The van der Waals surface area contributed by atoms with Crippen molar-refractivity contribution in [2.45, 2.75) is 0 Å². The molecule has 160 valence electrons. The van der Waals surface area contributed by atoms with Gasteiger partial charge in [0.25, 0.3) is 5.69 Å². The number of halogens is 3. The number of nitrogens with one attached hydrogen (secondary N) is 2. The van der Waals surface area contributed by atoms with Gasteiger partial charge in [-0.25, -0.2) is 9.82 Å². The van der Waals surface area contributed by atoms with Crippen LogP contribution in [0.5, 0.6) is 0 Å². The van der Waals surface area contributed by atoms with E-state index in [0.717, 1.165) is 0 Å². The second-order valence-corrected chi connectivity index (χ2v) is 7.02. The third kappa shape index (κ3) is 5.53. The Kier molecular flexibility index (Phi) is 6.78. The van der Waals surface area contributed by atoms with E-state index in [9.17, 15) is 14.5 Å². The standard InChI is InChI=1S/C18H15Cl2FN8O2/c1-28(2)18-25-16(23-11-5-3-10(21)4-6-11)24-17(26-18)27-22-9-12-13(19)7-8-14(15(12)20)29(30)31/h3-9H,1-2H3,(H2,23,24,25,26,27). The second kappa shape index (κ2) is 9.49. The molecule has 0 aliphatic carbocycles. The monoisotopic (exact) mass is 464 g/mol. The summed E-state index contributed by atoms with van der Waals surface area (Å²) in [6.45, 7) is 0. The molecule has 0 saturated heterocycles.